The predicted octanol–water partition coefficient (Wildman–Crippen LogP) is 4.62. The van der Waals surface area contributed by atoms with Crippen LogP contribution in [0.1, 0.15) is 24.9 Å². The van der Waals surface area contributed by atoms with Crippen LogP contribution in [-0.2, 0) is 0 Å². The molecule has 2 aromatic rings. The van der Waals surface area contributed by atoms with E-state index in [1.807, 2.05) is 43.3 Å². The summed E-state index contributed by atoms with van der Waals surface area (Å²) in [5.41, 5.74) is 1.65. The first-order valence-corrected chi connectivity index (χ1v) is 7.47. The van der Waals surface area contributed by atoms with E-state index in [0.717, 1.165) is 12.0 Å². The number of para-hydroxylation sites is 2. The molecule has 0 heterocycles. The quantitative estimate of drug-likeness (QED) is 0.845. The first kappa shape index (κ1) is 16.2. The van der Waals surface area contributed by atoms with Gasteiger partial charge in [-0.3, -0.25) is 0 Å². The predicted molar refractivity (Wildman–Crippen MR) is 89.6 cm³/mol. The number of hydrogen-bond donors (Lipinski definition) is 2. The maximum Gasteiger partial charge on any atom is 0.319 e. The second-order valence-electron chi connectivity index (χ2n) is 4.81. The zero-order chi connectivity index (χ0) is 15.9. The molecule has 0 bridgehead atoms. The maximum absolute atomic E-state index is 12.2. The zero-order valence-electron chi connectivity index (χ0n) is 12.6. The molecule has 0 aromatic heterocycles. The molecular weight excluding hydrogens is 300 g/mol. The number of methoxy groups -OCH3 is 1. The highest BCUT2D eigenvalue weighted by Crippen LogP contribution is 2.24. The lowest BCUT2D eigenvalue weighted by molar-refractivity contribution is 0.248. The molecule has 0 spiro atoms. The average Bonchev–Trinajstić information content (AvgIpc) is 2.54. The summed E-state index contributed by atoms with van der Waals surface area (Å²) in [6.07, 6.45) is 0.779. The summed E-state index contributed by atoms with van der Waals surface area (Å²) in [6, 6.07) is 14.4. The van der Waals surface area contributed by atoms with Crippen molar-refractivity contribution < 1.29 is 9.53 Å². The second-order valence-corrected chi connectivity index (χ2v) is 5.25. The van der Waals surface area contributed by atoms with Crippen molar-refractivity contribution in [3.8, 4) is 5.75 Å². The Bertz CT molecular complexity index is 629. The largest absolute Gasteiger partial charge is 0.495 e. The number of rotatable bonds is 5. The number of urea groups is 1. The first-order chi connectivity index (χ1) is 10.6. The van der Waals surface area contributed by atoms with Crippen LogP contribution in [0.15, 0.2) is 48.5 Å². The van der Waals surface area contributed by atoms with Crippen molar-refractivity contribution in [3.05, 3.63) is 59.1 Å². The van der Waals surface area contributed by atoms with Crippen molar-refractivity contribution >= 4 is 23.3 Å². The van der Waals surface area contributed by atoms with Crippen LogP contribution in [0.5, 0.6) is 5.75 Å². The number of benzene rings is 2. The Morgan fingerprint density at radius 3 is 2.50 bits per heavy atom. The number of anilines is 1. The molecule has 2 N–H and O–H groups in total. The van der Waals surface area contributed by atoms with E-state index < -0.39 is 0 Å². The molecule has 116 valence electrons. The standard InChI is InChI=1S/C17H19ClN2O2/c1-3-14(12-8-10-13(18)11-9-12)19-17(21)20-15-6-4-5-7-16(15)22-2/h4-11,14H,3H2,1-2H3,(H2,19,20,21). The van der Waals surface area contributed by atoms with Gasteiger partial charge in [-0.2, -0.15) is 0 Å². The van der Waals surface area contributed by atoms with E-state index >= 15 is 0 Å². The topological polar surface area (TPSA) is 50.4 Å². The Balaban J connectivity index is 2.05. The highest BCUT2D eigenvalue weighted by atomic mass is 35.5. The third kappa shape index (κ3) is 4.15. The lowest BCUT2D eigenvalue weighted by Gasteiger charge is -2.18. The minimum Gasteiger partial charge on any atom is -0.495 e. The van der Waals surface area contributed by atoms with Gasteiger partial charge in [0.05, 0.1) is 18.8 Å². The Morgan fingerprint density at radius 1 is 1.18 bits per heavy atom. The smallest absolute Gasteiger partial charge is 0.319 e. The fourth-order valence-corrected chi connectivity index (χ4v) is 2.31. The third-order valence-corrected chi connectivity index (χ3v) is 3.59. The van der Waals surface area contributed by atoms with Crippen molar-refractivity contribution in [3.63, 3.8) is 0 Å². The molecule has 0 saturated carbocycles. The molecule has 0 fully saturated rings. The Morgan fingerprint density at radius 2 is 1.86 bits per heavy atom. The molecule has 5 heteroatoms. The molecule has 1 atom stereocenters. The molecule has 0 saturated heterocycles. The van der Waals surface area contributed by atoms with Crippen LogP contribution in [-0.4, -0.2) is 13.1 Å². The number of halogens is 1. The lowest BCUT2D eigenvalue weighted by Crippen LogP contribution is -2.32. The van der Waals surface area contributed by atoms with Gasteiger partial charge in [-0.05, 0) is 36.2 Å². The summed E-state index contributed by atoms with van der Waals surface area (Å²) in [5.74, 6) is 0.622. The Labute approximate surface area is 135 Å². The van der Waals surface area contributed by atoms with Gasteiger partial charge >= 0.3 is 6.03 Å². The molecular formula is C17H19ClN2O2. The van der Waals surface area contributed by atoms with Crippen LogP contribution in [0.3, 0.4) is 0 Å². The molecule has 0 aliphatic heterocycles. The number of nitrogens with one attached hydrogen (secondary N) is 2. The van der Waals surface area contributed by atoms with Crippen molar-refractivity contribution in [1.82, 2.24) is 5.32 Å². The normalized spacial score (nSPS) is 11.6. The summed E-state index contributed by atoms with van der Waals surface area (Å²) in [7, 11) is 1.57. The highest BCUT2D eigenvalue weighted by molar-refractivity contribution is 6.30. The minimum atomic E-state index is -0.272. The van der Waals surface area contributed by atoms with Crippen LogP contribution in [0.2, 0.25) is 5.02 Å². The van der Waals surface area contributed by atoms with E-state index in [0.29, 0.717) is 16.5 Å². The molecule has 2 aromatic carbocycles. The minimum absolute atomic E-state index is 0.0769. The average molecular weight is 319 g/mol. The van der Waals surface area contributed by atoms with E-state index in [1.54, 1.807) is 19.2 Å². The Kier molecular flexibility index (Phi) is 5.67. The van der Waals surface area contributed by atoms with E-state index in [-0.39, 0.29) is 12.1 Å². The van der Waals surface area contributed by atoms with Crippen molar-refractivity contribution in [2.75, 3.05) is 12.4 Å². The van der Waals surface area contributed by atoms with Crippen LogP contribution < -0.4 is 15.4 Å². The number of amides is 2. The summed E-state index contributed by atoms with van der Waals surface area (Å²) in [4.78, 5) is 12.2. The van der Waals surface area contributed by atoms with Gasteiger partial charge in [0, 0.05) is 5.02 Å². The van der Waals surface area contributed by atoms with E-state index in [1.165, 1.54) is 0 Å². The van der Waals surface area contributed by atoms with Crippen LogP contribution >= 0.6 is 11.6 Å². The third-order valence-electron chi connectivity index (χ3n) is 3.34. The van der Waals surface area contributed by atoms with Crippen LogP contribution in [0.25, 0.3) is 0 Å². The molecule has 0 aliphatic carbocycles. The van der Waals surface area contributed by atoms with Gasteiger partial charge in [-0.1, -0.05) is 42.8 Å². The summed E-state index contributed by atoms with van der Waals surface area (Å²) in [5, 5.41) is 6.44. The SMILES string of the molecule is CCC(NC(=O)Nc1ccccc1OC)c1ccc(Cl)cc1. The molecule has 4 nitrogen and oxygen atoms in total. The summed E-state index contributed by atoms with van der Waals surface area (Å²) in [6.45, 7) is 2.02. The molecule has 22 heavy (non-hydrogen) atoms. The number of carbonyl (C=O) groups is 1. The van der Waals surface area contributed by atoms with Gasteiger partial charge in [0.15, 0.2) is 0 Å². The van der Waals surface area contributed by atoms with Crippen LogP contribution in [0.4, 0.5) is 10.5 Å². The number of carbonyl (C=O) groups excluding carboxylic acids is 1. The van der Waals surface area contributed by atoms with Crippen molar-refractivity contribution in [1.29, 1.82) is 0 Å². The van der Waals surface area contributed by atoms with Gasteiger partial charge in [0.2, 0.25) is 0 Å². The van der Waals surface area contributed by atoms with E-state index in [9.17, 15) is 4.79 Å². The molecule has 2 amide bonds. The molecule has 1 unspecified atom stereocenters. The maximum atomic E-state index is 12.2. The van der Waals surface area contributed by atoms with Gasteiger partial charge in [0.25, 0.3) is 0 Å². The zero-order valence-corrected chi connectivity index (χ0v) is 13.4. The highest BCUT2D eigenvalue weighted by Gasteiger charge is 2.13. The Hall–Kier alpha value is -2.20. The lowest BCUT2D eigenvalue weighted by atomic mass is 10.1. The van der Waals surface area contributed by atoms with E-state index in [2.05, 4.69) is 10.6 Å². The number of ether oxygens (including phenoxy) is 1. The van der Waals surface area contributed by atoms with Crippen molar-refractivity contribution in [2.24, 2.45) is 0 Å². The van der Waals surface area contributed by atoms with Gasteiger partial charge < -0.3 is 15.4 Å². The monoisotopic (exact) mass is 318 g/mol. The molecule has 0 radical (unpaired) electrons. The van der Waals surface area contributed by atoms with Gasteiger partial charge in [-0.25, -0.2) is 4.79 Å². The molecule has 0 aliphatic rings. The van der Waals surface area contributed by atoms with Gasteiger partial charge in [-0.15, -0.1) is 0 Å². The van der Waals surface area contributed by atoms with Gasteiger partial charge in [0.1, 0.15) is 5.75 Å². The fourth-order valence-electron chi connectivity index (χ4n) is 2.18. The second kappa shape index (κ2) is 7.71. The summed E-state index contributed by atoms with van der Waals surface area (Å²) >= 11 is 5.89. The van der Waals surface area contributed by atoms with Crippen LogP contribution in [0, 0.1) is 0 Å². The van der Waals surface area contributed by atoms with Crippen molar-refractivity contribution in [2.45, 2.75) is 19.4 Å². The number of hydrogen-bond acceptors (Lipinski definition) is 2. The fraction of sp³-hybridized carbons (Fsp3) is 0.235. The molecule has 2 rings (SSSR count). The first-order valence-electron chi connectivity index (χ1n) is 7.10. The van der Waals surface area contributed by atoms with E-state index in [4.69, 9.17) is 16.3 Å². The summed E-state index contributed by atoms with van der Waals surface area (Å²) < 4.78 is 5.22.